The van der Waals surface area contributed by atoms with Crippen LogP contribution in [-0.2, 0) is 9.59 Å². The Bertz CT molecular complexity index is 951. The second-order valence-corrected chi connectivity index (χ2v) is 9.41. The van der Waals surface area contributed by atoms with Crippen molar-refractivity contribution in [3.63, 3.8) is 0 Å². The third-order valence-corrected chi connectivity index (χ3v) is 7.19. The average Bonchev–Trinajstić information content (AvgIpc) is 3.52. The van der Waals surface area contributed by atoms with Gasteiger partial charge in [-0.05, 0) is 77.2 Å². The van der Waals surface area contributed by atoms with Crippen LogP contribution in [0.5, 0.6) is 0 Å². The Morgan fingerprint density at radius 1 is 1.07 bits per heavy atom. The summed E-state index contributed by atoms with van der Waals surface area (Å²) in [7, 11) is 0. The summed E-state index contributed by atoms with van der Waals surface area (Å²) in [4.78, 5) is 38.6. The zero-order chi connectivity index (χ0) is 22.0. The number of allylic oxidation sites excluding steroid dienone is 2. The molecule has 1 aromatic rings. The fraction of sp³-hybridized carbons (Fsp3) is 0.522. The maximum Gasteiger partial charge on any atom is 0.332 e. The minimum atomic E-state index is -1.04. The molecule has 6 nitrogen and oxygen atoms in total. The summed E-state index contributed by atoms with van der Waals surface area (Å²) in [6.45, 7) is 7.93. The first-order chi connectivity index (χ1) is 14.2. The highest BCUT2D eigenvalue weighted by molar-refractivity contribution is 7.16. The van der Waals surface area contributed by atoms with Crippen LogP contribution in [-0.4, -0.2) is 22.9 Å². The molecule has 2 amide bonds. The second-order valence-electron chi connectivity index (χ2n) is 8.19. The number of rotatable bonds is 7. The van der Waals surface area contributed by atoms with Gasteiger partial charge < -0.3 is 15.7 Å². The Morgan fingerprint density at radius 2 is 1.70 bits per heavy atom. The van der Waals surface area contributed by atoms with Crippen LogP contribution in [0.2, 0.25) is 0 Å². The molecular weight excluding hydrogens is 400 g/mol. The van der Waals surface area contributed by atoms with Crippen molar-refractivity contribution in [2.24, 2.45) is 5.92 Å². The summed E-state index contributed by atoms with van der Waals surface area (Å²) in [5.74, 6) is -1.24. The monoisotopic (exact) mass is 430 g/mol. The van der Waals surface area contributed by atoms with E-state index in [-0.39, 0.29) is 11.5 Å². The molecule has 30 heavy (non-hydrogen) atoms. The molecule has 1 saturated carbocycles. The van der Waals surface area contributed by atoms with E-state index >= 15 is 0 Å². The first-order valence-electron chi connectivity index (χ1n) is 10.6. The molecule has 3 N–H and O–H groups in total. The fourth-order valence-electron chi connectivity index (χ4n) is 3.86. The van der Waals surface area contributed by atoms with Gasteiger partial charge in [-0.25, -0.2) is 4.79 Å². The van der Waals surface area contributed by atoms with E-state index in [1.807, 2.05) is 20.8 Å². The summed E-state index contributed by atoms with van der Waals surface area (Å²) >= 11 is 1.36. The molecule has 162 valence electrons. The van der Waals surface area contributed by atoms with Crippen LogP contribution in [0.25, 0.3) is 0 Å². The number of aliphatic carboxylic acids is 1. The SMILES string of the molecule is CC/C(C)=C(/NC(=O)c1c(NC(=O)C2=C(C(=O)O)CCCC2)sc(C)c1C)C1CC1. The summed E-state index contributed by atoms with van der Waals surface area (Å²) in [6, 6.07) is 0. The molecule has 1 fully saturated rings. The predicted octanol–water partition coefficient (Wildman–Crippen LogP) is 5.08. The Morgan fingerprint density at radius 3 is 2.27 bits per heavy atom. The van der Waals surface area contributed by atoms with Crippen LogP contribution < -0.4 is 10.6 Å². The van der Waals surface area contributed by atoms with Gasteiger partial charge in [-0.15, -0.1) is 11.3 Å². The van der Waals surface area contributed by atoms with Gasteiger partial charge in [0.2, 0.25) is 0 Å². The summed E-state index contributed by atoms with van der Waals surface area (Å²) in [5, 5.41) is 15.9. The normalized spacial score (nSPS) is 17.5. The standard InChI is InChI=1S/C23H30N2O4S/c1-5-12(2)19(15-10-11-15)24-21(27)18-13(3)14(4)30-22(18)25-20(26)16-8-6-7-9-17(16)23(28)29/h15H,5-11H2,1-4H3,(H,24,27)(H,25,26)(H,28,29)/b19-12+. The van der Waals surface area contributed by atoms with Gasteiger partial charge >= 0.3 is 5.97 Å². The number of amides is 2. The van der Waals surface area contributed by atoms with Gasteiger partial charge in [0.25, 0.3) is 11.8 Å². The largest absolute Gasteiger partial charge is 0.478 e. The van der Waals surface area contributed by atoms with Crippen molar-refractivity contribution in [3.8, 4) is 0 Å². The lowest BCUT2D eigenvalue weighted by atomic mass is 9.91. The van der Waals surface area contributed by atoms with Crippen LogP contribution in [0.4, 0.5) is 5.00 Å². The van der Waals surface area contributed by atoms with Gasteiger partial charge in [0.15, 0.2) is 0 Å². The van der Waals surface area contributed by atoms with Crippen molar-refractivity contribution in [1.82, 2.24) is 5.32 Å². The van der Waals surface area contributed by atoms with Crippen LogP contribution in [0, 0.1) is 19.8 Å². The number of carbonyl (C=O) groups excluding carboxylic acids is 2. The fourth-order valence-corrected chi connectivity index (χ4v) is 4.92. The molecule has 0 saturated heterocycles. The first kappa shape index (κ1) is 22.3. The third kappa shape index (κ3) is 4.67. The molecule has 0 spiro atoms. The van der Waals surface area contributed by atoms with Crippen LogP contribution in [0.15, 0.2) is 22.4 Å². The number of anilines is 1. The number of thiophene rings is 1. The van der Waals surface area contributed by atoms with Crippen LogP contribution in [0.3, 0.4) is 0 Å². The Balaban J connectivity index is 1.89. The van der Waals surface area contributed by atoms with Gasteiger partial charge in [-0.2, -0.15) is 0 Å². The maximum absolute atomic E-state index is 13.2. The van der Waals surface area contributed by atoms with Crippen LogP contribution >= 0.6 is 11.3 Å². The summed E-state index contributed by atoms with van der Waals surface area (Å²) in [5.41, 5.74) is 4.01. The van der Waals surface area contributed by atoms with Gasteiger partial charge in [0.05, 0.1) is 5.56 Å². The average molecular weight is 431 g/mol. The molecule has 0 atom stereocenters. The predicted molar refractivity (Wildman–Crippen MR) is 119 cm³/mol. The Hall–Kier alpha value is -2.41. The molecule has 1 aromatic heterocycles. The molecule has 0 unspecified atom stereocenters. The molecular formula is C23H30N2O4S. The lowest BCUT2D eigenvalue weighted by molar-refractivity contribution is -0.133. The van der Waals surface area contributed by atoms with Crippen molar-refractivity contribution in [3.05, 3.63) is 38.4 Å². The maximum atomic E-state index is 13.2. The number of carbonyl (C=O) groups is 3. The second kappa shape index (κ2) is 9.16. The van der Waals surface area contributed by atoms with E-state index < -0.39 is 11.9 Å². The number of carboxylic acids is 1. The topological polar surface area (TPSA) is 95.5 Å². The van der Waals surface area contributed by atoms with E-state index in [0.29, 0.717) is 34.9 Å². The van der Waals surface area contributed by atoms with E-state index in [4.69, 9.17) is 0 Å². The summed E-state index contributed by atoms with van der Waals surface area (Å²) < 4.78 is 0. The lowest BCUT2D eigenvalue weighted by Crippen LogP contribution is -2.27. The van der Waals surface area contributed by atoms with E-state index in [2.05, 4.69) is 17.6 Å². The zero-order valence-corrected chi connectivity index (χ0v) is 18.9. The van der Waals surface area contributed by atoms with Gasteiger partial charge in [0, 0.05) is 21.7 Å². The van der Waals surface area contributed by atoms with Gasteiger partial charge in [-0.3, -0.25) is 9.59 Å². The van der Waals surface area contributed by atoms with E-state index in [1.54, 1.807) is 0 Å². The number of carboxylic acid groups (broad SMARTS) is 1. The lowest BCUT2D eigenvalue weighted by Gasteiger charge is -2.18. The van der Waals surface area contributed by atoms with Crippen molar-refractivity contribution >= 4 is 34.1 Å². The molecule has 0 aliphatic heterocycles. The summed E-state index contributed by atoms with van der Waals surface area (Å²) in [6.07, 6.45) is 5.47. The zero-order valence-electron chi connectivity index (χ0n) is 18.1. The van der Waals surface area contributed by atoms with Crippen molar-refractivity contribution in [2.75, 3.05) is 5.32 Å². The first-order valence-corrected chi connectivity index (χ1v) is 11.4. The molecule has 2 aliphatic carbocycles. The molecule has 0 aromatic carbocycles. The van der Waals surface area contributed by atoms with Crippen LogP contribution in [0.1, 0.15) is 79.6 Å². The molecule has 0 bridgehead atoms. The number of nitrogens with one attached hydrogen (secondary N) is 2. The highest BCUT2D eigenvalue weighted by Gasteiger charge is 2.31. The molecule has 0 radical (unpaired) electrons. The smallest absolute Gasteiger partial charge is 0.332 e. The molecule has 7 heteroatoms. The van der Waals surface area contributed by atoms with Crippen molar-refractivity contribution < 1.29 is 19.5 Å². The minimum Gasteiger partial charge on any atom is -0.478 e. The van der Waals surface area contributed by atoms with Crippen molar-refractivity contribution in [2.45, 2.75) is 72.6 Å². The molecule has 3 rings (SSSR count). The highest BCUT2D eigenvalue weighted by Crippen LogP contribution is 2.39. The van der Waals surface area contributed by atoms with E-state index in [0.717, 1.165) is 48.2 Å². The van der Waals surface area contributed by atoms with Crippen molar-refractivity contribution in [1.29, 1.82) is 0 Å². The van der Waals surface area contributed by atoms with Gasteiger partial charge in [-0.1, -0.05) is 12.5 Å². The number of aryl methyl sites for hydroxylation is 1. The number of hydrogen-bond acceptors (Lipinski definition) is 4. The third-order valence-electron chi connectivity index (χ3n) is 6.06. The quantitative estimate of drug-likeness (QED) is 0.562. The minimum absolute atomic E-state index is 0.187. The van der Waals surface area contributed by atoms with E-state index in [1.165, 1.54) is 16.9 Å². The molecule has 2 aliphatic rings. The highest BCUT2D eigenvalue weighted by atomic mass is 32.1. The van der Waals surface area contributed by atoms with E-state index in [9.17, 15) is 19.5 Å². The Labute approximate surface area is 181 Å². The van der Waals surface area contributed by atoms with Gasteiger partial charge in [0.1, 0.15) is 5.00 Å². The Kier molecular flexibility index (Phi) is 6.81. The molecule has 1 heterocycles. The number of hydrogen-bond donors (Lipinski definition) is 3.